The second kappa shape index (κ2) is 6.17. The highest BCUT2D eigenvalue weighted by Gasteiger charge is 2.16. The van der Waals surface area contributed by atoms with Gasteiger partial charge < -0.3 is 10.6 Å². The lowest BCUT2D eigenvalue weighted by Gasteiger charge is -2.20. The SMILES string of the molecule is C1=C(NCc2ccccc2)CC2=CCc3ccccc3NC2=C1. The first-order valence-electron chi connectivity index (χ1n) is 8.11. The zero-order valence-corrected chi connectivity index (χ0v) is 13.0. The van der Waals surface area contributed by atoms with Gasteiger partial charge in [0.1, 0.15) is 0 Å². The molecule has 0 saturated carbocycles. The van der Waals surface area contributed by atoms with Gasteiger partial charge in [0.25, 0.3) is 0 Å². The molecule has 0 amide bonds. The van der Waals surface area contributed by atoms with Crippen LogP contribution in [0.3, 0.4) is 0 Å². The first kappa shape index (κ1) is 13.9. The third kappa shape index (κ3) is 3.07. The molecule has 1 heterocycles. The van der Waals surface area contributed by atoms with Gasteiger partial charge in [0, 0.05) is 30.0 Å². The molecular formula is C21H20N2. The van der Waals surface area contributed by atoms with E-state index in [1.807, 2.05) is 0 Å². The van der Waals surface area contributed by atoms with Crippen LogP contribution in [0.2, 0.25) is 0 Å². The van der Waals surface area contributed by atoms with Crippen LogP contribution in [-0.2, 0) is 13.0 Å². The summed E-state index contributed by atoms with van der Waals surface area (Å²) in [6, 6.07) is 19.1. The average molecular weight is 300 g/mol. The second-order valence-electron chi connectivity index (χ2n) is 6.00. The van der Waals surface area contributed by atoms with Crippen LogP contribution in [0.1, 0.15) is 17.5 Å². The molecule has 1 aliphatic carbocycles. The molecule has 1 aliphatic heterocycles. The summed E-state index contributed by atoms with van der Waals surface area (Å²) in [5, 5.41) is 7.14. The van der Waals surface area contributed by atoms with Gasteiger partial charge in [-0.3, -0.25) is 0 Å². The molecule has 2 nitrogen and oxygen atoms in total. The van der Waals surface area contributed by atoms with Crippen molar-refractivity contribution in [1.82, 2.24) is 5.32 Å². The number of anilines is 1. The highest BCUT2D eigenvalue weighted by atomic mass is 14.9. The molecule has 0 bridgehead atoms. The Morgan fingerprint density at radius 2 is 1.74 bits per heavy atom. The predicted octanol–water partition coefficient (Wildman–Crippen LogP) is 4.54. The maximum Gasteiger partial charge on any atom is 0.0420 e. The minimum Gasteiger partial charge on any atom is -0.384 e. The molecule has 0 fully saturated rings. The van der Waals surface area contributed by atoms with E-state index in [9.17, 15) is 0 Å². The molecule has 2 aliphatic rings. The topological polar surface area (TPSA) is 24.1 Å². The Morgan fingerprint density at radius 3 is 2.65 bits per heavy atom. The van der Waals surface area contributed by atoms with Crippen molar-refractivity contribution in [2.45, 2.75) is 19.4 Å². The van der Waals surface area contributed by atoms with E-state index >= 15 is 0 Å². The van der Waals surface area contributed by atoms with Crippen molar-refractivity contribution in [2.75, 3.05) is 5.32 Å². The molecular weight excluding hydrogens is 280 g/mol. The quantitative estimate of drug-likeness (QED) is 0.869. The number of allylic oxidation sites excluding steroid dienone is 5. The molecule has 2 aromatic rings. The summed E-state index contributed by atoms with van der Waals surface area (Å²) < 4.78 is 0. The first-order valence-corrected chi connectivity index (χ1v) is 8.11. The Hall–Kier alpha value is -2.74. The Balaban J connectivity index is 1.50. The second-order valence-corrected chi connectivity index (χ2v) is 6.00. The van der Waals surface area contributed by atoms with E-state index in [0.717, 1.165) is 19.4 Å². The molecule has 0 radical (unpaired) electrons. The number of hydrogen-bond acceptors (Lipinski definition) is 2. The van der Waals surface area contributed by atoms with Crippen LogP contribution >= 0.6 is 0 Å². The fourth-order valence-electron chi connectivity index (χ4n) is 3.09. The molecule has 23 heavy (non-hydrogen) atoms. The van der Waals surface area contributed by atoms with Crippen molar-refractivity contribution in [3.05, 3.63) is 101 Å². The van der Waals surface area contributed by atoms with Crippen LogP contribution in [0.25, 0.3) is 0 Å². The Labute approximate surface area is 137 Å². The van der Waals surface area contributed by atoms with Crippen LogP contribution in [0.4, 0.5) is 5.69 Å². The van der Waals surface area contributed by atoms with Gasteiger partial charge in [-0.05, 0) is 41.3 Å². The third-order valence-electron chi connectivity index (χ3n) is 4.40. The van der Waals surface area contributed by atoms with E-state index in [2.05, 4.69) is 83.5 Å². The maximum absolute atomic E-state index is 3.58. The highest BCUT2D eigenvalue weighted by molar-refractivity contribution is 5.63. The minimum absolute atomic E-state index is 0.872. The van der Waals surface area contributed by atoms with Gasteiger partial charge in [-0.15, -0.1) is 0 Å². The van der Waals surface area contributed by atoms with Gasteiger partial charge in [0.15, 0.2) is 0 Å². The fraction of sp³-hybridized carbons (Fsp3) is 0.143. The number of para-hydroxylation sites is 1. The van der Waals surface area contributed by atoms with Crippen LogP contribution in [0, 0.1) is 0 Å². The van der Waals surface area contributed by atoms with Gasteiger partial charge in [-0.1, -0.05) is 54.6 Å². The van der Waals surface area contributed by atoms with Crippen molar-refractivity contribution >= 4 is 5.69 Å². The van der Waals surface area contributed by atoms with Gasteiger partial charge in [-0.2, -0.15) is 0 Å². The molecule has 0 aromatic heterocycles. The molecule has 2 N–H and O–H groups in total. The van der Waals surface area contributed by atoms with Crippen molar-refractivity contribution in [2.24, 2.45) is 0 Å². The molecule has 0 unspecified atom stereocenters. The van der Waals surface area contributed by atoms with Crippen LogP contribution in [0.5, 0.6) is 0 Å². The highest BCUT2D eigenvalue weighted by Crippen LogP contribution is 2.30. The van der Waals surface area contributed by atoms with E-state index in [4.69, 9.17) is 0 Å². The Bertz CT molecular complexity index is 798. The van der Waals surface area contributed by atoms with Crippen LogP contribution < -0.4 is 10.6 Å². The minimum atomic E-state index is 0.872. The smallest absolute Gasteiger partial charge is 0.0420 e. The molecule has 114 valence electrons. The fourth-order valence-corrected chi connectivity index (χ4v) is 3.09. The zero-order valence-electron chi connectivity index (χ0n) is 13.0. The lowest BCUT2D eigenvalue weighted by molar-refractivity contribution is 0.776. The predicted molar refractivity (Wildman–Crippen MR) is 95.9 cm³/mol. The third-order valence-corrected chi connectivity index (χ3v) is 4.40. The number of nitrogens with one attached hydrogen (secondary N) is 2. The molecule has 2 heteroatoms. The molecule has 0 saturated heterocycles. The van der Waals surface area contributed by atoms with Gasteiger partial charge in [0.2, 0.25) is 0 Å². The van der Waals surface area contributed by atoms with Crippen molar-refractivity contribution in [1.29, 1.82) is 0 Å². The largest absolute Gasteiger partial charge is 0.384 e. The summed E-state index contributed by atoms with van der Waals surface area (Å²) in [7, 11) is 0. The lowest BCUT2D eigenvalue weighted by atomic mass is 10.00. The van der Waals surface area contributed by atoms with E-state index in [-0.39, 0.29) is 0 Å². The van der Waals surface area contributed by atoms with Crippen molar-refractivity contribution in [3.8, 4) is 0 Å². The average Bonchev–Trinajstić information content (AvgIpc) is 2.80. The number of fused-ring (bicyclic) bond motifs is 2. The molecule has 0 spiro atoms. The van der Waals surface area contributed by atoms with E-state index in [1.165, 1.54) is 33.8 Å². The van der Waals surface area contributed by atoms with E-state index < -0.39 is 0 Å². The van der Waals surface area contributed by atoms with Gasteiger partial charge >= 0.3 is 0 Å². The lowest BCUT2D eigenvalue weighted by Crippen LogP contribution is -2.17. The van der Waals surface area contributed by atoms with Crippen LogP contribution in [-0.4, -0.2) is 0 Å². The normalized spacial score (nSPS) is 15.9. The molecule has 2 aromatic carbocycles. The molecule has 4 rings (SSSR count). The Morgan fingerprint density at radius 1 is 0.913 bits per heavy atom. The number of hydrogen-bond donors (Lipinski definition) is 2. The summed E-state index contributed by atoms with van der Waals surface area (Å²) >= 11 is 0. The van der Waals surface area contributed by atoms with Crippen molar-refractivity contribution < 1.29 is 0 Å². The Kier molecular flexibility index (Phi) is 3.73. The van der Waals surface area contributed by atoms with Gasteiger partial charge in [0.05, 0.1) is 0 Å². The van der Waals surface area contributed by atoms with E-state index in [0.29, 0.717) is 0 Å². The van der Waals surface area contributed by atoms with Crippen LogP contribution in [0.15, 0.2) is 89.8 Å². The maximum atomic E-state index is 3.58. The monoisotopic (exact) mass is 300 g/mol. The molecule has 0 atom stereocenters. The summed E-state index contributed by atoms with van der Waals surface area (Å²) in [5.74, 6) is 0. The summed E-state index contributed by atoms with van der Waals surface area (Å²) in [6.07, 6.45) is 8.67. The summed E-state index contributed by atoms with van der Waals surface area (Å²) in [6.45, 7) is 0.872. The zero-order chi connectivity index (χ0) is 15.5. The van der Waals surface area contributed by atoms with Gasteiger partial charge in [-0.25, -0.2) is 0 Å². The summed E-state index contributed by atoms with van der Waals surface area (Å²) in [5.41, 5.74) is 7.76. The number of rotatable bonds is 3. The summed E-state index contributed by atoms with van der Waals surface area (Å²) in [4.78, 5) is 0. The van der Waals surface area contributed by atoms with Crippen molar-refractivity contribution in [3.63, 3.8) is 0 Å². The standard InChI is InChI=1S/C21H20N2/c1-2-6-16(7-3-1)15-22-19-12-13-21-18(14-19)11-10-17-8-4-5-9-20(17)23-21/h1-9,11-13,22-23H,10,14-15H2. The van der Waals surface area contributed by atoms with E-state index in [1.54, 1.807) is 0 Å². The number of benzene rings is 2. The first-order chi connectivity index (χ1) is 11.4.